The standard InChI is InChI=1S/C15H15BrN2O2/c16-13-7-6-12(15(10-13)18(19)20)9-14(17)8-11-4-2-1-3-5-11/h1-7,10,14H,8-9,17H2. The maximum atomic E-state index is 11.1. The summed E-state index contributed by atoms with van der Waals surface area (Å²) in [5, 5.41) is 11.1. The molecule has 1 atom stereocenters. The first-order valence-electron chi connectivity index (χ1n) is 6.28. The second-order valence-electron chi connectivity index (χ2n) is 4.68. The molecular formula is C15H15BrN2O2. The molecule has 0 saturated heterocycles. The van der Waals surface area contributed by atoms with Crippen LogP contribution in [-0.4, -0.2) is 11.0 Å². The highest BCUT2D eigenvalue weighted by molar-refractivity contribution is 9.10. The largest absolute Gasteiger partial charge is 0.327 e. The van der Waals surface area contributed by atoms with Crippen molar-refractivity contribution >= 4 is 21.6 Å². The fourth-order valence-corrected chi connectivity index (χ4v) is 2.50. The maximum Gasteiger partial charge on any atom is 0.273 e. The van der Waals surface area contributed by atoms with E-state index in [9.17, 15) is 10.1 Å². The van der Waals surface area contributed by atoms with Gasteiger partial charge in [-0.15, -0.1) is 0 Å². The molecule has 104 valence electrons. The van der Waals surface area contributed by atoms with E-state index in [2.05, 4.69) is 15.9 Å². The van der Waals surface area contributed by atoms with Crippen molar-refractivity contribution in [2.45, 2.75) is 18.9 Å². The first kappa shape index (κ1) is 14.7. The molecule has 0 heterocycles. The number of hydrogen-bond donors (Lipinski definition) is 1. The van der Waals surface area contributed by atoms with Gasteiger partial charge in [0, 0.05) is 22.1 Å². The molecule has 0 bridgehead atoms. The molecule has 0 spiro atoms. The van der Waals surface area contributed by atoms with Crippen LogP contribution >= 0.6 is 15.9 Å². The zero-order chi connectivity index (χ0) is 14.5. The summed E-state index contributed by atoms with van der Waals surface area (Å²) in [4.78, 5) is 10.7. The summed E-state index contributed by atoms with van der Waals surface area (Å²) in [6.07, 6.45) is 1.19. The fourth-order valence-electron chi connectivity index (χ4n) is 2.15. The minimum atomic E-state index is -0.366. The zero-order valence-electron chi connectivity index (χ0n) is 10.8. The SMILES string of the molecule is NC(Cc1ccccc1)Cc1ccc(Br)cc1[N+](=O)[O-]. The normalized spacial score (nSPS) is 12.1. The third-order valence-electron chi connectivity index (χ3n) is 3.07. The van der Waals surface area contributed by atoms with Crippen molar-refractivity contribution < 1.29 is 4.92 Å². The Morgan fingerprint density at radius 1 is 1.15 bits per heavy atom. The number of hydrogen-bond acceptors (Lipinski definition) is 3. The zero-order valence-corrected chi connectivity index (χ0v) is 12.4. The van der Waals surface area contributed by atoms with Crippen LogP contribution in [0.25, 0.3) is 0 Å². The molecule has 2 aromatic rings. The van der Waals surface area contributed by atoms with Gasteiger partial charge in [-0.3, -0.25) is 10.1 Å². The Labute approximate surface area is 125 Å². The van der Waals surface area contributed by atoms with E-state index in [1.54, 1.807) is 12.1 Å². The number of nitrogens with two attached hydrogens (primary N) is 1. The summed E-state index contributed by atoms with van der Waals surface area (Å²) < 4.78 is 0.699. The maximum absolute atomic E-state index is 11.1. The molecule has 0 aromatic heterocycles. The van der Waals surface area contributed by atoms with Crippen molar-refractivity contribution in [2.24, 2.45) is 5.73 Å². The molecule has 0 saturated carbocycles. The first-order chi connectivity index (χ1) is 9.56. The van der Waals surface area contributed by atoms with Crippen LogP contribution in [0.4, 0.5) is 5.69 Å². The second kappa shape index (κ2) is 6.63. The molecule has 1 unspecified atom stereocenters. The predicted octanol–water partition coefficient (Wildman–Crippen LogP) is 3.47. The van der Waals surface area contributed by atoms with Gasteiger partial charge < -0.3 is 5.73 Å². The predicted molar refractivity (Wildman–Crippen MR) is 82.6 cm³/mol. The minimum absolute atomic E-state index is 0.114. The highest BCUT2D eigenvalue weighted by Gasteiger charge is 2.16. The van der Waals surface area contributed by atoms with E-state index in [1.807, 2.05) is 30.3 Å². The molecule has 0 fully saturated rings. The molecule has 5 heteroatoms. The van der Waals surface area contributed by atoms with Crippen molar-refractivity contribution in [3.8, 4) is 0 Å². The average Bonchev–Trinajstić information content (AvgIpc) is 2.41. The summed E-state index contributed by atoms with van der Waals surface area (Å²) in [5.41, 5.74) is 8.03. The first-order valence-corrected chi connectivity index (χ1v) is 7.08. The number of benzene rings is 2. The van der Waals surface area contributed by atoms with Gasteiger partial charge in [-0.05, 0) is 24.5 Å². The van der Waals surface area contributed by atoms with E-state index in [0.29, 0.717) is 22.9 Å². The highest BCUT2D eigenvalue weighted by Crippen LogP contribution is 2.24. The molecule has 4 nitrogen and oxygen atoms in total. The van der Waals surface area contributed by atoms with Gasteiger partial charge in [0.15, 0.2) is 0 Å². The van der Waals surface area contributed by atoms with Crippen LogP contribution in [0.3, 0.4) is 0 Å². The summed E-state index contributed by atoms with van der Waals surface area (Å²) in [6, 6.07) is 14.8. The van der Waals surface area contributed by atoms with E-state index in [0.717, 1.165) is 5.56 Å². The van der Waals surface area contributed by atoms with E-state index in [4.69, 9.17) is 5.73 Å². The smallest absolute Gasteiger partial charge is 0.273 e. The second-order valence-corrected chi connectivity index (χ2v) is 5.60. The van der Waals surface area contributed by atoms with Crippen molar-refractivity contribution in [3.63, 3.8) is 0 Å². The van der Waals surface area contributed by atoms with Gasteiger partial charge in [0.25, 0.3) is 5.69 Å². The lowest BCUT2D eigenvalue weighted by molar-refractivity contribution is -0.385. The monoisotopic (exact) mass is 334 g/mol. The average molecular weight is 335 g/mol. The van der Waals surface area contributed by atoms with E-state index in [1.165, 1.54) is 6.07 Å². The van der Waals surface area contributed by atoms with Crippen molar-refractivity contribution in [2.75, 3.05) is 0 Å². The Hall–Kier alpha value is -1.72. The number of halogens is 1. The Morgan fingerprint density at radius 3 is 2.50 bits per heavy atom. The van der Waals surface area contributed by atoms with Crippen molar-refractivity contribution in [1.29, 1.82) is 0 Å². The highest BCUT2D eigenvalue weighted by atomic mass is 79.9. The summed E-state index contributed by atoms with van der Waals surface area (Å²) in [5.74, 6) is 0. The Balaban J connectivity index is 2.11. The molecule has 0 aliphatic rings. The van der Waals surface area contributed by atoms with E-state index < -0.39 is 0 Å². The van der Waals surface area contributed by atoms with Gasteiger partial charge in [-0.1, -0.05) is 52.3 Å². The number of nitrogens with zero attached hydrogens (tertiary/aromatic N) is 1. The number of nitro groups is 1. The Morgan fingerprint density at radius 2 is 1.85 bits per heavy atom. The van der Waals surface area contributed by atoms with E-state index in [-0.39, 0.29) is 16.7 Å². The van der Waals surface area contributed by atoms with Crippen LogP contribution in [0.1, 0.15) is 11.1 Å². The lowest BCUT2D eigenvalue weighted by Gasteiger charge is -2.12. The topological polar surface area (TPSA) is 69.2 Å². The van der Waals surface area contributed by atoms with Gasteiger partial charge in [-0.25, -0.2) is 0 Å². The molecule has 20 heavy (non-hydrogen) atoms. The number of nitro benzene ring substituents is 1. The lowest BCUT2D eigenvalue weighted by atomic mass is 9.99. The summed E-state index contributed by atoms with van der Waals surface area (Å²) >= 11 is 3.25. The minimum Gasteiger partial charge on any atom is -0.327 e. The molecule has 0 aliphatic carbocycles. The van der Waals surface area contributed by atoms with Crippen LogP contribution in [0, 0.1) is 10.1 Å². The fraction of sp³-hybridized carbons (Fsp3) is 0.200. The van der Waals surface area contributed by atoms with Crippen LogP contribution in [0.2, 0.25) is 0 Å². The van der Waals surface area contributed by atoms with Crippen molar-refractivity contribution in [3.05, 3.63) is 74.2 Å². The molecule has 0 aliphatic heterocycles. The molecular weight excluding hydrogens is 320 g/mol. The number of rotatable bonds is 5. The quantitative estimate of drug-likeness (QED) is 0.672. The van der Waals surface area contributed by atoms with Crippen molar-refractivity contribution in [1.82, 2.24) is 0 Å². The van der Waals surface area contributed by atoms with Gasteiger partial charge in [-0.2, -0.15) is 0 Å². The summed E-state index contributed by atoms with van der Waals surface area (Å²) in [6.45, 7) is 0. The molecule has 0 amide bonds. The third kappa shape index (κ3) is 3.88. The van der Waals surface area contributed by atoms with Crippen LogP contribution in [0.5, 0.6) is 0 Å². The molecule has 2 rings (SSSR count). The van der Waals surface area contributed by atoms with Crippen LogP contribution < -0.4 is 5.73 Å². The van der Waals surface area contributed by atoms with Gasteiger partial charge in [0.2, 0.25) is 0 Å². The van der Waals surface area contributed by atoms with Gasteiger partial charge >= 0.3 is 0 Å². The molecule has 2 aromatic carbocycles. The van der Waals surface area contributed by atoms with Crippen LogP contribution in [-0.2, 0) is 12.8 Å². The lowest BCUT2D eigenvalue weighted by Crippen LogP contribution is -2.25. The third-order valence-corrected chi connectivity index (χ3v) is 3.56. The van der Waals surface area contributed by atoms with E-state index >= 15 is 0 Å². The van der Waals surface area contributed by atoms with Gasteiger partial charge in [0.05, 0.1) is 4.92 Å². The van der Waals surface area contributed by atoms with Gasteiger partial charge in [0.1, 0.15) is 0 Å². The van der Waals surface area contributed by atoms with Crippen LogP contribution in [0.15, 0.2) is 53.0 Å². The Bertz CT molecular complexity index is 602. The molecule has 0 radical (unpaired) electrons. The Kier molecular flexibility index (Phi) is 4.87. The summed E-state index contributed by atoms with van der Waals surface area (Å²) in [7, 11) is 0. The molecule has 2 N–H and O–H groups in total.